The van der Waals surface area contributed by atoms with Gasteiger partial charge in [0.05, 0.1) is 19.7 Å². The lowest BCUT2D eigenvalue weighted by molar-refractivity contribution is -0.136. The SMILES string of the molecule is CCCN(CCO)CC(=O)NC(=O)CN1CCCC1=O. The molecule has 1 aliphatic rings. The number of carbonyl (C=O) groups is 3. The molecule has 0 saturated carbocycles. The van der Waals surface area contributed by atoms with Crippen LogP contribution < -0.4 is 5.32 Å². The van der Waals surface area contributed by atoms with Gasteiger partial charge < -0.3 is 10.0 Å². The van der Waals surface area contributed by atoms with Crippen LogP contribution >= 0.6 is 0 Å². The van der Waals surface area contributed by atoms with Gasteiger partial charge in [-0.1, -0.05) is 6.92 Å². The van der Waals surface area contributed by atoms with Crippen LogP contribution in [-0.2, 0) is 14.4 Å². The van der Waals surface area contributed by atoms with Crippen molar-refractivity contribution in [3.05, 3.63) is 0 Å². The molecule has 0 radical (unpaired) electrons. The Hall–Kier alpha value is -1.47. The van der Waals surface area contributed by atoms with Crippen LogP contribution in [0.3, 0.4) is 0 Å². The first kappa shape index (κ1) is 16.6. The van der Waals surface area contributed by atoms with Gasteiger partial charge in [-0.05, 0) is 19.4 Å². The molecular formula is C13H23N3O4. The molecule has 0 aromatic carbocycles. The molecule has 0 aromatic heterocycles. The molecule has 114 valence electrons. The summed E-state index contributed by atoms with van der Waals surface area (Å²) < 4.78 is 0. The maximum Gasteiger partial charge on any atom is 0.246 e. The van der Waals surface area contributed by atoms with Crippen LogP contribution in [0.15, 0.2) is 0 Å². The summed E-state index contributed by atoms with van der Waals surface area (Å²) >= 11 is 0. The Labute approximate surface area is 118 Å². The van der Waals surface area contributed by atoms with E-state index in [0.29, 0.717) is 26.1 Å². The van der Waals surface area contributed by atoms with Crippen molar-refractivity contribution in [2.45, 2.75) is 26.2 Å². The van der Waals surface area contributed by atoms with E-state index in [1.807, 2.05) is 6.92 Å². The average Bonchev–Trinajstić information content (AvgIpc) is 2.75. The summed E-state index contributed by atoms with van der Waals surface area (Å²) in [6, 6.07) is 0. The maximum absolute atomic E-state index is 11.7. The molecule has 1 rings (SSSR count). The number of hydrogen-bond acceptors (Lipinski definition) is 5. The van der Waals surface area contributed by atoms with Gasteiger partial charge in [0.15, 0.2) is 0 Å². The van der Waals surface area contributed by atoms with E-state index < -0.39 is 11.8 Å². The highest BCUT2D eigenvalue weighted by molar-refractivity contribution is 5.98. The Balaban J connectivity index is 2.32. The predicted molar refractivity (Wildman–Crippen MR) is 72.8 cm³/mol. The fraction of sp³-hybridized carbons (Fsp3) is 0.769. The van der Waals surface area contributed by atoms with E-state index in [4.69, 9.17) is 5.11 Å². The van der Waals surface area contributed by atoms with Crippen LogP contribution in [0.1, 0.15) is 26.2 Å². The number of imide groups is 1. The van der Waals surface area contributed by atoms with Gasteiger partial charge in [-0.2, -0.15) is 0 Å². The number of hydrogen-bond donors (Lipinski definition) is 2. The molecule has 1 fully saturated rings. The van der Waals surface area contributed by atoms with Gasteiger partial charge in [-0.15, -0.1) is 0 Å². The smallest absolute Gasteiger partial charge is 0.246 e. The first-order valence-corrected chi connectivity index (χ1v) is 7.00. The molecule has 1 heterocycles. The molecule has 7 heteroatoms. The first-order valence-electron chi connectivity index (χ1n) is 7.00. The number of nitrogens with one attached hydrogen (secondary N) is 1. The highest BCUT2D eigenvalue weighted by Gasteiger charge is 2.23. The largest absolute Gasteiger partial charge is 0.395 e. The summed E-state index contributed by atoms with van der Waals surface area (Å²) in [5, 5.41) is 11.2. The molecule has 0 bridgehead atoms. The Morgan fingerprint density at radius 3 is 2.65 bits per heavy atom. The number of carbonyl (C=O) groups excluding carboxylic acids is 3. The lowest BCUT2D eigenvalue weighted by Gasteiger charge is -2.20. The van der Waals surface area contributed by atoms with Crippen molar-refractivity contribution < 1.29 is 19.5 Å². The number of aliphatic hydroxyl groups excluding tert-OH is 1. The fourth-order valence-electron chi connectivity index (χ4n) is 2.21. The third kappa shape index (κ3) is 5.66. The quantitative estimate of drug-likeness (QED) is 0.594. The second-order valence-electron chi connectivity index (χ2n) is 4.89. The van der Waals surface area contributed by atoms with Crippen molar-refractivity contribution in [3.8, 4) is 0 Å². The molecule has 3 amide bonds. The van der Waals surface area contributed by atoms with Crippen LogP contribution in [0.5, 0.6) is 0 Å². The minimum Gasteiger partial charge on any atom is -0.395 e. The second-order valence-corrected chi connectivity index (χ2v) is 4.89. The van der Waals surface area contributed by atoms with Gasteiger partial charge >= 0.3 is 0 Å². The number of rotatable bonds is 8. The Bertz CT molecular complexity index is 354. The van der Waals surface area contributed by atoms with Gasteiger partial charge in [-0.3, -0.25) is 24.6 Å². The number of amides is 3. The first-order chi connectivity index (χ1) is 9.56. The van der Waals surface area contributed by atoms with Crippen molar-refractivity contribution >= 4 is 17.7 Å². The van der Waals surface area contributed by atoms with Crippen molar-refractivity contribution in [1.29, 1.82) is 0 Å². The van der Waals surface area contributed by atoms with E-state index in [1.54, 1.807) is 4.90 Å². The molecule has 0 atom stereocenters. The molecule has 0 spiro atoms. The van der Waals surface area contributed by atoms with Crippen molar-refractivity contribution in [2.24, 2.45) is 0 Å². The molecule has 0 aromatic rings. The molecule has 20 heavy (non-hydrogen) atoms. The minimum absolute atomic E-state index is 0.0243. The highest BCUT2D eigenvalue weighted by Crippen LogP contribution is 2.08. The van der Waals surface area contributed by atoms with Crippen molar-refractivity contribution in [3.63, 3.8) is 0 Å². The topological polar surface area (TPSA) is 89.9 Å². The summed E-state index contributed by atoms with van der Waals surface area (Å²) in [4.78, 5) is 38.0. The highest BCUT2D eigenvalue weighted by atomic mass is 16.3. The maximum atomic E-state index is 11.7. The molecule has 1 saturated heterocycles. The molecule has 0 unspecified atom stereocenters. The van der Waals surface area contributed by atoms with Crippen LogP contribution in [-0.4, -0.2) is 72.0 Å². The molecule has 2 N–H and O–H groups in total. The predicted octanol–water partition coefficient (Wildman–Crippen LogP) is -1.04. The van der Waals surface area contributed by atoms with Gasteiger partial charge in [0, 0.05) is 19.5 Å². The third-order valence-corrected chi connectivity index (χ3v) is 3.11. The fourth-order valence-corrected chi connectivity index (χ4v) is 2.21. The van der Waals surface area contributed by atoms with Crippen molar-refractivity contribution in [1.82, 2.24) is 15.1 Å². The average molecular weight is 285 g/mol. The van der Waals surface area contributed by atoms with Gasteiger partial charge in [-0.25, -0.2) is 0 Å². The minimum atomic E-state index is -0.453. The second kappa shape index (κ2) is 8.65. The Kier molecular flexibility index (Phi) is 7.17. The summed E-state index contributed by atoms with van der Waals surface area (Å²) in [5.41, 5.74) is 0. The molecule has 1 aliphatic heterocycles. The summed E-state index contributed by atoms with van der Waals surface area (Å²) in [6.45, 7) is 3.64. The van der Waals surface area contributed by atoms with Gasteiger partial charge in [0.25, 0.3) is 0 Å². The number of aliphatic hydroxyl groups is 1. The monoisotopic (exact) mass is 285 g/mol. The van der Waals surface area contributed by atoms with E-state index in [1.165, 1.54) is 4.90 Å². The van der Waals surface area contributed by atoms with E-state index in [2.05, 4.69) is 5.32 Å². The van der Waals surface area contributed by atoms with Crippen LogP contribution in [0.2, 0.25) is 0 Å². The van der Waals surface area contributed by atoms with E-state index in [-0.39, 0.29) is 25.6 Å². The zero-order valence-corrected chi connectivity index (χ0v) is 11.9. The Morgan fingerprint density at radius 2 is 2.10 bits per heavy atom. The number of nitrogens with zero attached hydrogens (tertiary/aromatic N) is 2. The molecular weight excluding hydrogens is 262 g/mol. The molecule has 7 nitrogen and oxygen atoms in total. The van der Waals surface area contributed by atoms with Crippen LogP contribution in [0, 0.1) is 0 Å². The normalized spacial score (nSPS) is 14.9. The van der Waals surface area contributed by atoms with Gasteiger partial charge in [0.1, 0.15) is 0 Å². The zero-order chi connectivity index (χ0) is 15.0. The van der Waals surface area contributed by atoms with E-state index in [0.717, 1.165) is 12.8 Å². The van der Waals surface area contributed by atoms with E-state index in [9.17, 15) is 14.4 Å². The van der Waals surface area contributed by atoms with Gasteiger partial charge in [0.2, 0.25) is 17.7 Å². The Morgan fingerprint density at radius 1 is 1.35 bits per heavy atom. The summed E-state index contributed by atoms with van der Waals surface area (Å²) in [6.07, 6.45) is 2.10. The van der Waals surface area contributed by atoms with Crippen LogP contribution in [0.4, 0.5) is 0 Å². The zero-order valence-electron chi connectivity index (χ0n) is 11.9. The standard InChI is InChI=1S/C13H23N3O4/c1-2-5-15(7-8-17)9-11(18)14-12(19)10-16-6-3-4-13(16)20/h17H,2-10H2,1H3,(H,14,18,19). The summed E-state index contributed by atoms with van der Waals surface area (Å²) in [7, 11) is 0. The number of likely N-dealkylation sites (tertiary alicyclic amines) is 1. The lowest BCUT2D eigenvalue weighted by Crippen LogP contribution is -2.45. The molecule has 0 aliphatic carbocycles. The summed E-state index contributed by atoms with van der Waals surface area (Å²) in [5.74, 6) is -0.894. The lowest BCUT2D eigenvalue weighted by atomic mass is 10.3. The van der Waals surface area contributed by atoms with Crippen LogP contribution in [0.25, 0.3) is 0 Å². The third-order valence-electron chi connectivity index (χ3n) is 3.11. The van der Waals surface area contributed by atoms with E-state index >= 15 is 0 Å². The van der Waals surface area contributed by atoms with Crippen molar-refractivity contribution in [2.75, 3.05) is 39.3 Å².